The molecular weight excluding hydrogens is 342 g/mol. The fraction of sp³-hybridized carbons (Fsp3) is 0.235. The molecule has 0 bridgehead atoms. The molecule has 0 aliphatic rings. The monoisotopic (exact) mass is 359 g/mol. The molecule has 2 aromatic heterocycles. The van der Waals surface area contributed by atoms with Crippen molar-refractivity contribution >= 4 is 29.1 Å². The minimum absolute atomic E-state index is 0.219. The van der Waals surface area contributed by atoms with Crippen LogP contribution in [0.2, 0.25) is 0 Å². The van der Waals surface area contributed by atoms with E-state index in [0.717, 1.165) is 17.0 Å². The zero-order valence-corrected chi connectivity index (χ0v) is 15.3. The van der Waals surface area contributed by atoms with Crippen molar-refractivity contribution in [2.45, 2.75) is 12.1 Å². The van der Waals surface area contributed by atoms with Crippen molar-refractivity contribution in [3.8, 4) is 22.5 Å². The van der Waals surface area contributed by atoms with Crippen LogP contribution in [0.3, 0.4) is 0 Å². The van der Waals surface area contributed by atoms with Crippen molar-refractivity contribution in [2.24, 2.45) is 7.05 Å². The predicted octanol–water partition coefficient (Wildman–Crippen LogP) is 3.78. The van der Waals surface area contributed by atoms with E-state index in [2.05, 4.69) is 39.4 Å². The Bertz CT molecular complexity index is 856. The number of thiophene rings is 1. The van der Waals surface area contributed by atoms with Gasteiger partial charge < -0.3 is 9.30 Å². The van der Waals surface area contributed by atoms with Gasteiger partial charge in [-0.15, -0.1) is 21.5 Å². The van der Waals surface area contributed by atoms with Crippen LogP contribution in [0.5, 0.6) is 0 Å². The van der Waals surface area contributed by atoms with E-state index in [0.29, 0.717) is 5.16 Å². The summed E-state index contributed by atoms with van der Waals surface area (Å²) in [5, 5.41) is 11.4. The van der Waals surface area contributed by atoms with Gasteiger partial charge in [0.1, 0.15) is 0 Å². The number of benzene rings is 1. The molecular formula is C17H17N3O2S2. The molecule has 0 unspecified atom stereocenters. The number of nitrogens with zero attached hydrogens (tertiary/aromatic N) is 3. The summed E-state index contributed by atoms with van der Waals surface area (Å²) in [6.07, 6.45) is 0. The summed E-state index contributed by atoms with van der Waals surface area (Å²) in [5.41, 5.74) is 3.40. The molecule has 7 heteroatoms. The van der Waals surface area contributed by atoms with Gasteiger partial charge in [-0.25, -0.2) is 0 Å². The van der Waals surface area contributed by atoms with E-state index in [1.807, 2.05) is 29.8 Å². The first-order valence-corrected chi connectivity index (χ1v) is 9.21. The summed E-state index contributed by atoms with van der Waals surface area (Å²) < 4.78 is 6.59. The van der Waals surface area contributed by atoms with Crippen LogP contribution in [0.4, 0.5) is 0 Å². The summed E-state index contributed by atoms with van der Waals surface area (Å²) in [5.74, 6) is 0.739. The number of carbonyl (C=O) groups is 1. The molecule has 2 heterocycles. The van der Waals surface area contributed by atoms with Crippen molar-refractivity contribution in [2.75, 3.05) is 12.9 Å². The zero-order chi connectivity index (χ0) is 17.1. The van der Waals surface area contributed by atoms with Gasteiger partial charge in [-0.1, -0.05) is 42.1 Å². The van der Waals surface area contributed by atoms with Gasteiger partial charge in [-0.05, 0) is 12.5 Å². The summed E-state index contributed by atoms with van der Waals surface area (Å²) >= 11 is 3.02. The smallest absolute Gasteiger partial charge is 0.316 e. The molecule has 24 heavy (non-hydrogen) atoms. The van der Waals surface area contributed by atoms with Gasteiger partial charge in [0.25, 0.3) is 0 Å². The zero-order valence-electron chi connectivity index (χ0n) is 13.6. The quantitative estimate of drug-likeness (QED) is 0.512. The number of thioether (sulfide) groups is 1. The Labute approximate surface area is 148 Å². The van der Waals surface area contributed by atoms with E-state index < -0.39 is 0 Å². The lowest BCUT2D eigenvalue weighted by Gasteiger charge is -2.07. The number of ether oxygens (including phenoxy) is 1. The third-order valence-electron chi connectivity index (χ3n) is 3.66. The molecule has 0 radical (unpaired) electrons. The third-order valence-corrected chi connectivity index (χ3v) is 5.56. The second-order valence-electron chi connectivity index (χ2n) is 5.18. The largest absolute Gasteiger partial charge is 0.468 e. The van der Waals surface area contributed by atoms with Crippen molar-refractivity contribution in [3.05, 3.63) is 40.6 Å². The van der Waals surface area contributed by atoms with Crippen LogP contribution in [-0.2, 0) is 16.6 Å². The van der Waals surface area contributed by atoms with Crippen LogP contribution in [0.15, 0.2) is 40.9 Å². The lowest BCUT2D eigenvalue weighted by atomic mass is 10.0. The van der Waals surface area contributed by atoms with Crippen LogP contribution < -0.4 is 0 Å². The molecule has 0 aliphatic carbocycles. The van der Waals surface area contributed by atoms with E-state index in [1.165, 1.54) is 29.3 Å². The number of esters is 1. The maximum Gasteiger partial charge on any atom is 0.316 e. The predicted molar refractivity (Wildman–Crippen MR) is 97.2 cm³/mol. The molecule has 0 saturated carbocycles. The van der Waals surface area contributed by atoms with Gasteiger partial charge in [0.05, 0.1) is 12.9 Å². The molecule has 0 amide bonds. The van der Waals surface area contributed by atoms with E-state index in [-0.39, 0.29) is 11.7 Å². The lowest BCUT2D eigenvalue weighted by Crippen LogP contribution is -2.04. The van der Waals surface area contributed by atoms with E-state index in [4.69, 9.17) is 0 Å². The first-order valence-electron chi connectivity index (χ1n) is 7.34. The summed E-state index contributed by atoms with van der Waals surface area (Å²) in [7, 11) is 3.29. The third kappa shape index (κ3) is 3.22. The van der Waals surface area contributed by atoms with Gasteiger partial charge in [-0.2, -0.15) is 0 Å². The topological polar surface area (TPSA) is 57.0 Å². The maximum absolute atomic E-state index is 11.3. The highest BCUT2D eigenvalue weighted by atomic mass is 32.2. The Balaban J connectivity index is 1.97. The molecule has 0 saturated heterocycles. The standard InChI is InChI=1S/C17H17N3O2S2/c1-11-15(12-7-5-4-6-8-12)13(9-23-11)16-18-19-17(20(16)2)24-10-14(21)22-3/h4-9H,10H2,1-3H3. The maximum atomic E-state index is 11.3. The Kier molecular flexibility index (Phi) is 5.01. The van der Waals surface area contributed by atoms with Gasteiger partial charge >= 0.3 is 5.97 Å². The van der Waals surface area contributed by atoms with E-state index in [1.54, 1.807) is 11.3 Å². The molecule has 0 fully saturated rings. The number of aryl methyl sites for hydroxylation is 1. The van der Waals surface area contributed by atoms with Crippen LogP contribution in [0, 0.1) is 6.92 Å². The summed E-state index contributed by atoms with van der Waals surface area (Å²) in [4.78, 5) is 12.6. The average molecular weight is 359 g/mol. The highest BCUT2D eigenvalue weighted by molar-refractivity contribution is 7.99. The molecule has 3 aromatic rings. The minimum atomic E-state index is -0.277. The normalized spacial score (nSPS) is 10.8. The summed E-state index contributed by atoms with van der Waals surface area (Å²) in [6, 6.07) is 10.3. The Morgan fingerprint density at radius 1 is 1.29 bits per heavy atom. The van der Waals surface area contributed by atoms with Gasteiger partial charge in [0, 0.05) is 28.4 Å². The number of carbonyl (C=O) groups excluding carboxylic acids is 1. The fourth-order valence-electron chi connectivity index (χ4n) is 2.44. The SMILES string of the molecule is COC(=O)CSc1nnc(-c2csc(C)c2-c2ccccc2)n1C. The molecule has 0 spiro atoms. The fourth-order valence-corrected chi connectivity index (χ4v) is 4.05. The Hall–Kier alpha value is -2.12. The van der Waals surface area contributed by atoms with Crippen molar-refractivity contribution < 1.29 is 9.53 Å². The highest BCUT2D eigenvalue weighted by Gasteiger charge is 2.19. The first kappa shape index (κ1) is 16.7. The van der Waals surface area contributed by atoms with E-state index in [9.17, 15) is 4.79 Å². The van der Waals surface area contributed by atoms with Gasteiger partial charge in [0.2, 0.25) is 0 Å². The van der Waals surface area contributed by atoms with Crippen LogP contribution in [0.1, 0.15) is 4.88 Å². The number of rotatable bonds is 5. The van der Waals surface area contributed by atoms with Crippen LogP contribution in [0.25, 0.3) is 22.5 Å². The summed E-state index contributed by atoms with van der Waals surface area (Å²) in [6.45, 7) is 2.11. The number of hydrogen-bond acceptors (Lipinski definition) is 6. The Morgan fingerprint density at radius 2 is 2.04 bits per heavy atom. The highest BCUT2D eigenvalue weighted by Crippen LogP contribution is 2.38. The minimum Gasteiger partial charge on any atom is -0.468 e. The molecule has 0 atom stereocenters. The molecule has 0 N–H and O–H groups in total. The van der Waals surface area contributed by atoms with Crippen LogP contribution >= 0.6 is 23.1 Å². The average Bonchev–Trinajstić information content (AvgIpc) is 3.16. The molecule has 124 valence electrons. The second kappa shape index (κ2) is 7.19. The molecule has 5 nitrogen and oxygen atoms in total. The number of aromatic nitrogens is 3. The Morgan fingerprint density at radius 3 is 2.75 bits per heavy atom. The molecule has 3 rings (SSSR count). The number of hydrogen-bond donors (Lipinski definition) is 0. The molecule has 0 aliphatic heterocycles. The van der Waals surface area contributed by atoms with Crippen molar-refractivity contribution in [1.29, 1.82) is 0 Å². The first-order chi connectivity index (χ1) is 11.6. The van der Waals surface area contributed by atoms with Crippen molar-refractivity contribution in [1.82, 2.24) is 14.8 Å². The van der Waals surface area contributed by atoms with Crippen LogP contribution in [-0.4, -0.2) is 33.6 Å². The van der Waals surface area contributed by atoms with E-state index >= 15 is 0 Å². The van der Waals surface area contributed by atoms with Gasteiger partial charge in [-0.3, -0.25) is 4.79 Å². The lowest BCUT2D eigenvalue weighted by molar-refractivity contribution is -0.137. The molecule has 1 aromatic carbocycles. The number of methoxy groups -OCH3 is 1. The van der Waals surface area contributed by atoms with Crippen molar-refractivity contribution in [3.63, 3.8) is 0 Å². The van der Waals surface area contributed by atoms with Gasteiger partial charge in [0.15, 0.2) is 11.0 Å². The second-order valence-corrected chi connectivity index (χ2v) is 7.20.